The Hall–Kier alpha value is -2.97. The summed E-state index contributed by atoms with van der Waals surface area (Å²) in [5.74, 6) is -0.0412. The van der Waals surface area contributed by atoms with Gasteiger partial charge in [-0.15, -0.1) is 0 Å². The van der Waals surface area contributed by atoms with Crippen molar-refractivity contribution in [1.82, 2.24) is 5.32 Å². The Bertz CT molecular complexity index is 1100. The Morgan fingerprint density at radius 1 is 1.16 bits per heavy atom. The van der Waals surface area contributed by atoms with Crippen LogP contribution >= 0.6 is 28.1 Å². The number of nitrogens with zero attached hydrogens (tertiary/aromatic N) is 1. The average molecular weight is 515 g/mol. The lowest BCUT2D eigenvalue weighted by Crippen LogP contribution is -2.54. The standard InChI is InChI=1S/C24H23BrN2O4S/c1-4-11-31-21-19(25)13-16(14-20(21)30-6-3)12-18-22(28)26-24(32)27(23(18)29)17-9-7-15(5-2)8-10-17/h4,7-10,12-14H,1,5-6,11H2,2-3H3,(H,26,28,32)/b18-12+. The van der Waals surface area contributed by atoms with E-state index < -0.39 is 11.8 Å². The van der Waals surface area contributed by atoms with Crippen LogP contribution in [-0.4, -0.2) is 30.1 Å². The Kier molecular flexibility index (Phi) is 7.82. The van der Waals surface area contributed by atoms with Crippen LogP contribution in [0.3, 0.4) is 0 Å². The summed E-state index contributed by atoms with van der Waals surface area (Å²) in [6, 6.07) is 11.0. The van der Waals surface area contributed by atoms with Crippen LogP contribution in [-0.2, 0) is 16.0 Å². The first kappa shape index (κ1) is 23.7. The molecule has 6 nitrogen and oxygen atoms in total. The number of hydrogen-bond acceptors (Lipinski definition) is 5. The molecule has 0 bridgehead atoms. The zero-order valence-electron chi connectivity index (χ0n) is 17.8. The fraction of sp³-hybridized carbons (Fsp3) is 0.208. The minimum atomic E-state index is -0.553. The van der Waals surface area contributed by atoms with Crippen molar-refractivity contribution >= 4 is 56.8 Å². The number of ether oxygens (including phenoxy) is 2. The number of rotatable bonds is 8. The van der Waals surface area contributed by atoms with Crippen molar-refractivity contribution in [3.05, 3.63) is 70.2 Å². The molecule has 0 aromatic heterocycles. The second-order valence-corrected chi connectivity index (χ2v) is 8.08. The number of thiocarbonyl (C=S) groups is 1. The summed E-state index contributed by atoms with van der Waals surface area (Å²) < 4.78 is 12.0. The van der Waals surface area contributed by atoms with Gasteiger partial charge in [-0.2, -0.15) is 0 Å². The van der Waals surface area contributed by atoms with E-state index in [1.165, 1.54) is 11.0 Å². The van der Waals surface area contributed by atoms with E-state index in [0.29, 0.717) is 40.4 Å². The summed E-state index contributed by atoms with van der Waals surface area (Å²) in [4.78, 5) is 27.2. The molecule has 2 aromatic rings. The van der Waals surface area contributed by atoms with Gasteiger partial charge in [0.2, 0.25) is 0 Å². The summed E-state index contributed by atoms with van der Waals surface area (Å²) >= 11 is 8.75. The molecule has 0 radical (unpaired) electrons. The predicted octanol–water partition coefficient (Wildman–Crippen LogP) is 4.81. The molecule has 1 heterocycles. The van der Waals surface area contributed by atoms with E-state index in [0.717, 1.165) is 12.0 Å². The van der Waals surface area contributed by atoms with Crippen molar-refractivity contribution < 1.29 is 19.1 Å². The first-order valence-electron chi connectivity index (χ1n) is 10.1. The molecule has 1 aliphatic heterocycles. The molecule has 0 atom stereocenters. The lowest BCUT2D eigenvalue weighted by molar-refractivity contribution is -0.122. The number of carbonyl (C=O) groups excluding carboxylic acids is 2. The van der Waals surface area contributed by atoms with Crippen LogP contribution in [0, 0.1) is 0 Å². The molecule has 1 aliphatic rings. The fourth-order valence-electron chi connectivity index (χ4n) is 3.16. The third-order valence-electron chi connectivity index (χ3n) is 4.69. The lowest BCUT2D eigenvalue weighted by Gasteiger charge is -2.29. The largest absolute Gasteiger partial charge is 0.490 e. The van der Waals surface area contributed by atoms with Gasteiger partial charge in [0.15, 0.2) is 16.6 Å². The number of anilines is 1. The van der Waals surface area contributed by atoms with E-state index in [-0.39, 0.29) is 10.7 Å². The third-order valence-corrected chi connectivity index (χ3v) is 5.57. The van der Waals surface area contributed by atoms with Crippen LogP contribution in [0.25, 0.3) is 6.08 Å². The van der Waals surface area contributed by atoms with Gasteiger partial charge in [0.25, 0.3) is 11.8 Å². The predicted molar refractivity (Wildman–Crippen MR) is 133 cm³/mol. The normalized spacial score (nSPS) is 15.0. The molecule has 3 rings (SSSR count). The molecular formula is C24H23BrN2O4S. The van der Waals surface area contributed by atoms with Gasteiger partial charge < -0.3 is 9.47 Å². The minimum Gasteiger partial charge on any atom is -0.490 e. The Morgan fingerprint density at radius 3 is 2.50 bits per heavy atom. The van der Waals surface area contributed by atoms with Crippen molar-refractivity contribution in [2.75, 3.05) is 18.1 Å². The maximum Gasteiger partial charge on any atom is 0.270 e. The number of aryl methyl sites for hydroxylation is 1. The van der Waals surface area contributed by atoms with Gasteiger partial charge in [0, 0.05) is 0 Å². The number of carbonyl (C=O) groups is 2. The van der Waals surface area contributed by atoms with E-state index in [1.54, 1.807) is 18.2 Å². The number of hydrogen-bond donors (Lipinski definition) is 1. The molecule has 1 fully saturated rings. The Morgan fingerprint density at radius 2 is 1.88 bits per heavy atom. The molecule has 8 heteroatoms. The monoisotopic (exact) mass is 514 g/mol. The summed E-state index contributed by atoms with van der Waals surface area (Å²) in [6.07, 6.45) is 4.02. The number of benzene rings is 2. The van der Waals surface area contributed by atoms with E-state index in [9.17, 15) is 9.59 Å². The molecular weight excluding hydrogens is 492 g/mol. The highest BCUT2D eigenvalue weighted by molar-refractivity contribution is 9.10. The highest BCUT2D eigenvalue weighted by atomic mass is 79.9. The van der Waals surface area contributed by atoms with Gasteiger partial charge in [0.1, 0.15) is 12.2 Å². The summed E-state index contributed by atoms with van der Waals surface area (Å²) in [5.41, 5.74) is 2.29. The van der Waals surface area contributed by atoms with Crippen LogP contribution < -0.4 is 19.7 Å². The zero-order chi connectivity index (χ0) is 23.3. The number of halogens is 1. The average Bonchev–Trinajstić information content (AvgIpc) is 2.76. The molecule has 166 valence electrons. The SMILES string of the molecule is C=CCOc1c(Br)cc(/C=C2\C(=O)NC(=S)N(c3ccc(CC)cc3)C2=O)cc1OCC. The smallest absolute Gasteiger partial charge is 0.270 e. The number of nitrogens with one attached hydrogen (secondary N) is 1. The molecule has 2 amide bonds. The van der Waals surface area contributed by atoms with Crippen LogP contribution in [0.15, 0.2) is 59.1 Å². The van der Waals surface area contributed by atoms with Crippen LogP contribution in [0.5, 0.6) is 11.5 Å². The Balaban J connectivity index is 2.00. The fourth-order valence-corrected chi connectivity index (χ4v) is 4.01. The summed E-state index contributed by atoms with van der Waals surface area (Å²) in [5, 5.41) is 2.65. The molecule has 2 aromatic carbocycles. The van der Waals surface area contributed by atoms with Crippen molar-refractivity contribution in [2.45, 2.75) is 20.3 Å². The second kappa shape index (κ2) is 10.6. The van der Waals surface area contributed by atoms with Gasteiger partial charge in [-0.3, -0.25) is 19.8 Å². The van der Waals surface area contributed by atoms with Gasteiger partial charge >= 0.3 is 0 Å². The first-order valence-corrected chi connectivity index (χ1v) is 11.3. The summed E-state index contributed by atoms with van der Waals surface area (Å²) in [7, 11) is 0. The molecule has 0 saturated carbocycles. The topological polar surface area (TPSA) is 67.9 Å². The van der Waals surface area contributed by atoms with Crippen molar-refractivity contribution in [2.24, 2.45) is 0 Å². The minimum absolute atomic E-state index is 0.0349. The molecule has 0 spiro atoms. The quantitative estimate of drug-likeness (QED) is 0.237. The molecule has 1 N–H and O–H groups in total. The summed E-state index contributed by atoms with van der Waals surface area (Å²) in [6.45, 7) is 8.29. The van der Waals surface area contributed by atoms with Crippen molar-refractivity contribution in [1.29, 1.82) is 0 Å². The second-order valence-electron chi connectivity index (χ2n) is 6.84. The third kappa shape index (κ3) is 5.08. The molecule has 32 heavy (non-hydrogen) atoms. The maximum absolute atomic E-state index is 13.2. The van der Waals surface area contributed by atoms with Gasteiger partial charge in [0.05, 0.1) is 16.8 Å². The van der Waals surface area contributed by atoms with Crippen LogP contribution in [0.2, 0.25) is 0 Å². The molecule has 0 aliphatic carbocycles. The maximum atomic E-state index is 13.2. The van der Waals surface area contributed by atoms with Crippen molar-refractivity contribution in [3.63, 3.8) is 0 Å². The first-order chi connectivity index (χ1) is 15.4. The lowest BCUT2D eigenvalue weighted by atomic mass is 10.1. The Labute approximate surface area is 201 Å². The highest BCUT2D eigenvalue weighted by Gasteiger charge is 2.34. The number of amides is 2. The molecule has 0 unspecified atom stereocenters. The van der Waals surface area contributed by atoms with Crippen LogP contribution in [0.1, 0.15) is 25.0 Å². The van der Waals surface area contributed by atoms with E-state index >= 15 is 0 Å². The van der Waals surface area contributed by atoms with E-state index in [4.69, 9.17) is 21.7 Å². The molecule has 1 saturated heterocycles. The van der Waals surface area contributed by atoms with Gasteiger partial charge in [-0.05, 0) is 83.0 Å². The zero-order valence-corrected chi connectivity index (χ0v) is 20.2. The van der Waals surface area contributed by atoms with E-state index in [2.05, 4.69) is 34.7 Å². The highest BCUT2D eigenvalue weighted by Crippen LogP contribution is 2.38. The van der Waals surface area contributed by atoms with Crippen LogP contribution in [0.4, 0.5) is 5.69 Å². The van der Waals surface area contributed by atoms with E-state index in [1.807, 2.05) is 31.2 Å². The van der Waals surface area contributed by atoms with Gasteiger partial charge in [-0.25, -0.2) is 0 Å². The van der Waals surface area contributed by atoms with Crippen molar-refractivity contribution in [3.8, 4) is 11.5 Å². The van der Waals surface area contributed by atoms with Gasteiger partial charge in [-0.1, -0.05) is 31.7 Å².